The van der Waals surface area contributed by atoms with Crippen LogP contribution in [0.3, 0.4) is 0 Å². The Kier molecular flexibility index (Phi) is 13.6. The van der Waals surface area contributed by atoms with E-state index in [9.17, 15) is 19.7 Å². The van der Waals surface area contributed by atoms with Gasteiger partial charge in [0.1, 0.15) is 40.5 Å². The number of carbonyl (C=O) groups is 2. The molecule has 0 unspecified atom stereocenters. The summed E-state index contributed by atoms with van der Waals surface area (Å²) in [5.41, 5.74) is 7.96. The van der Waals surface area contributed by atoms with Gasteiger partial charge in [-0.05, 0) is 107 Å². The van der Waals surface area contributed by atoms with E-state index in [0.717, 1.165) is 27.9 Å². The third-order valence-electron chi connectivity index (χ3n) is 7.89. The molecule has 4 N–H and O–H groups in total. The summed E-state index contributed by atoms with van der Waals surface area (Å²) in [5.74, 6) is 2.90. The SMILES string of the molecule is COc1ccc(Nc2nc(Cc3ccn(C(=O)OC(C)(C)C)c3)ncc2N)cc1.COc1ccc(Nc2nc(Cc3cnn(C(=O)OC(C)(C)C)c3)ncc2[N+](=O)[O-])cc1. The van der Waals surface area contributed by atoms with Gasteiger partial charge in [0, 0.05) is 42.8 Å². The zero-order chi connectivity index (χ0) is 43.6. The highest BCUT2D eigenvalue weighted by molar-refractivity contribution is 5.72. The highest BCUT2D eigenvalue weighted by Crippen LogP contribution is 2.27. The van der Waals surface area contributed by atoms with Crippen molar-refractivity contribution in [1.82, 2.24) is 34.3 Å². The van der Waals surface area contributed by atoms with Crippen molar-refractivity contribution >= 4 is 46.6 Å². The number of nitrogens with one attached hydrogen (secondary N) is 2. The van der Waals surface area contributed by atoms with Crippen molar-refractivity contribution in [3.05, 3.63) is 125 Å². The second-order valence-corrected chi connectivity index (χ2v) is 15.1. The predicted octanol–water partition coefficient (Wildman–Crippen LogP) is 7.69. The number of rotatable bonds is 11. The number of methoxy groups -OCH3 is 2. The van der Waals surface area contributed by atoms with Gasteiger partial charge in [-0.15, -0.1) is 0 Å². The summed E-state index contributed by atoms with van der Waals surface area (Å²) in [4.78, 5) is 52.2. The summed E-state index contributed by atoms with van der Waals surface area (Å²) in [6.45, 7) is 10.8. The molecule has 0 bridgehead atoms. The lowest BCUT2D eigenvalue weighted by atomic mass is 10.2. The number of nitrogen functional groups attached to an aromatic ring is 1. The van der Waals surface area contributed by atoms with Gasteiger partial charge in [-0.2, -0.15) is 9.78 Å². The Bertz CT molecular complexity index is 2420. The Morgan fingerprint density at radius 3 is 1.78 bits per heavy atom. The van der Waals surface area contributed by atoms with Crippen molar-refractivity contribution in [2.75, 3.05) is 30.6 Å². The Morgan fingerprint density at radius 2 is 1.23 bits per heavy atom. The van der Waals surface area contributed by atoms with E-state index < -0.39 is 28.3 Å². The van der Waals surface area contributed by atoms with E-state index >= 15 is 0 Å². The number of ether oxygens (including phenoxy) is 4. The second kappa shape index (κ2) is 18.8. The third kappa shape index (κ3) is 12.7. The molecular formula is C41H47N11O8. The minimum atomic E-state index is -0.646. The van der Waals surface area contributed by atoms with Gasteiger partial charge >= 0.3 is 17.9 Å². The predicted molar refractivity (Wildman–Crippen MR) is 223 cm³/mol. The van der Waals surface area contributed by atoms with Crippen LogP contribution in [-0.4, -0.2) is 76.8 Å². The summed E-state index contributed by atoms with van der Waals surface area (Å²) in [7, 11) is 3.17. The maximum Gasteiger partial charge on any atom is 0.435 e. The molecule has 4 heterocycles. The fourth-order valence-electron chi connectivity index (χ4n) is 5.16. The van der Waals surface area contributed by atoms with Gasteiger partial charge in [0.2, 0.25) is 5.82 Å². The molecule has 60 heavy (non-hydrogen) atoms. The van der Waals surface area contributed by atoms with E-state index in [1.54, 1.807) is 77.8 Å². The van der Waals surface area contributed by atoms with Crippen LogP contribution in [0.1, 0.15) is 64.3 Å². The molecule has 6 rings (SSSR count). The molecule has 19 heteroatoms. The van der Waals surface area contributed by atoms with Crippen LogP contribution in [0, 0.1) is 10.1 Å². The van der Waals surface area contributed by atoms with E-state index in [-0.39, 0.29) is 17.9 Å². The first kappa shape index (κ1) is 43.6. The van der Waals surface area contributed by atoms with Crippen LogP contribution in [0.25, 0.3) is 0 Å². The molecule has 314 valence electrons. The first-order chi connectivity index (χ1) is 28.4. The average Bonchev–Trinajstić information content (AvgIpc) is 3.86. The van der Waals surface area contributed by atoms with Crippen molar-refractivity contribution in [3.63, 3.8) is 0 Å². The summed E-state index contributed by atoms with van der Waals surface area (Å²) in [5, 5.41) is 21.5. The molecule has 0 saturated carbocycles. The van der Waals surface area contributed by atoms with Gasteiger partial charge in [-0.1, -0.05) is 0 Å². The number of nitrogens with two attached hydrogens (primary N) is 1. The number of carbonyl (C=O) groups excluding carboxylic acids is 2. The quantitative estimate of drug-likeness (QED) is 0.0838. The zero-order valence-corrected chi connectivity index (χ0v) is 34.5. The van der Waals surface area contributed by atoms with Crippen molar-refractivity contribution in [2.24, 2.45) is 0 Å². The molecule has 0 aliphatic rings. The maximum absolute atomic E-state index is 12.1. The van der Waals surface area contributed by atoms with Gasteiger partial charge in [-0.25, -0.2) is 29.5 Å². The smallest absolute Gasteiger partial charge is 0.435 e. The Morgan fingerprint density at radius 1 is 0.717 bits per heavy atom. The zero-order valence-electron chi connectivity index (χ0n) is 34.5. The largest absolute Gasteiger partial charge is 0.497 e. The Balaban J connectivity index is 0.000000228. The Labute approximate surface area is 346 Å². The molecule has 2 aromatic carbocycles. The summed E-state index contributed by atoms with van der Waals surface area (Å²) < 4.78 is 23.4. The summed E-state index contributed by atoms with van der Waals surface area (Å²) >= 11 is 0. The minimum absolute atomic E-state index is 0.0553. The molecule has 0 aliphatic carbocycles. The topological polar surface area (TPSA) is 239 Å². The van der Waals surface area contributed by atoms with Crippen molar-refractivity contribution < 1.29 is 33.5 Å². The molecule has 6 aromatic rings. The molecule has 0 aliphatic heterocycles. The van der Waals surface area contributed by atoms with Gasteiger partial charge in [0.05, 0.1) is 37.2 Å². The molecule has 19 nitrogen and oxygen atoms in total. The highest BCUT2D eigenvalue weighted by Gasteiger charge is 2.21. The fourth-order valence-corrected chi connectivity index (χ4v) is 5.16. The van der Waals surface area contributed by atoms with Crippen LogP contribution in [-0.2, 0) is 22.3 Å². The standard InChI is InChI=1S/C21H25N5O3.C20H22N6O5/c1-21(2,3)29-20(27)26-10-9-14(13-26)11-18-23-12-17(22)19(25-18)24-15-5-7-16(28-4)8-6-15;1-20(2,3)31-19(27)25-12-13(10-22-25)9-17-21-11-16(26(28)29)18(24-17)23-14-5-7-15(30-4)8-6-14/h5-10,12-13H,11,22H2,1-4H3,(H,23,24,25);5-8,10-12H,9H2,1-4H3,(H,21,23,24). The van der Waals surface area contributed by atoms with Crippen molar-refractivity contribution in [1.29, 1.82) is 0 Å². The molecule has 0 saturated heterocycles. The van der Waals surface area contributed by atoms with E-state index in [0.29, 0.717) is 46.6 Å². The lowest BCUT2D eigenvalue weighted by molar-refractivity contribution is -0.384. The average molecular weight is 822 g/mol. The van der Waals surface area contributed by atoms with Crippen molar-refractivity contribution in [3.8, 4) is 11.5 Å². The maximum atomic E-state index is 12.1. The Hall–Kier alpha value is -7.57. The first-order valence-corrected chi connectivity index (χ1v) is 18.5. The number of aromatic nitrogens is 7. The molecule has 0 fully saturated rings. The van der Waals surface area contributed by atoms with Crippen LogP contribution in [0.5, 0.6) is 11.5 Å². The fraction of sp³-hybridized carbons (Fsp3) is 0.293. The lowest BCUT2D eigenvalue weighted by Crippen LogP contribution is -2.27. The number of anilines is 5. The van der Waals surface area contributed by atoms with E-state index in [4.69, 9.17) is 24.7 Å². The molecule has 4 aromatic heterocycles. The van der Waals surface area contributed by atoms with Crippen LogP contribution >= 0.6 is 0 Å². The molecule has 0 amide bonds. The second-order valence-electron chi connectivity index (χ2n) is 15.1. The van der Waals surface area contributed by atoms with Gasteiger partial charge in [0.15, 0.2) is 5.82 Å². The minimum Gasteiger partial charge on any atom is -0.497 e. The number of benzene rings is 2. The van der Waals surface area contributed by atoms with Gasteiger partial charge in [0.25, 0.3) is 0 Å². The summed E-state index contributed by atoms with van der Waals surface area (Å²) in [6, 6.07) is 16.2. The van der Waals surface area contributed by atoms with Gasteiger partial charge < -0.3 is 35.3 Å². The number of hydrogen-bond acceptors (Lipinski definition) is 16. The van der Waals surface area contributed by atoms with Crippen LogP contribution in [0.15, 0.2) is 91.8 Å². The van der Waals surface area contributed by atoms with E-state index in [2.05, 4.69) is 35.7 Å². The first-order valence-electron chi connectivity index (χ1n) is 18.5. The highest BCUT2D eigenvalue weighted by atomic mass is 16.6. The molecule has 0 atom stereocenters. The van der Waals surface area contributed by atoms with E-state index in [1.807, 2.05) is 51.1 Å². The van der Waals surface area contributed by atoms with E-state index in [1.165, 1.54) is 17.0 Å². The van der Waals surface area contributed by atoms with Crippen molar-refractivity contribution in [2.45, 2.75) is 65.6 Å². The summed E-state index contributed by atoms with van der Waals surface area (Å²) in [6.07, 6.45) is 8.73. The van der Waals surface area contributed by atoms with Crippen LogP contribution < -0.4 is 25.8 Å². The molecule has 0 spiro atoms. The van der Waals surface area contributed by atoms with Gasteiger partial charge in [-0.3, -0.25) is 14.7 Å². The number of nitro groups is 1. The number of hydrogen-bond donors (Lipinski definition) is 3. The van der Waals surface area contributed by atoms with Crippen LogP contribution in [0.2, 0.25) is 0 Å². The molecule has 0 radical (unpaired) electrons. The lowest BCUT2D eigenvalue weighted by Gasteiger charge is -2.19. The normalized spacial score (nSPS) is 11.1. The van der Waals surface area contributed by atoms with Crippen LogP contribution in [0.4, 0.5) is 44.0 Å². The third-order valence-corrected chi connectivity index (χ3v) is 7.89. The molecular weight excluding hydrogens is 775 g/mol. The monoisotopic (exact) mass is 821 g/mol. The number of nitrogens with zero attached hydrogens (tertiary/aromatic N) is 8.